The third kappa shape index (κ3) is 3.41. The Bertz CT molecular complexity index is 1020. The number of nitrogens with zero attached hydrogens (tertiary/aromatic N) is 3. The zero-order valence-corrected chi connectivity index (χ0v) is 16.6. The molecule has 0 saturated carbocycles. The summed E-state index contributed by atoms with van der Waals surface area (Å²) in [4.78, 5) is 31.1. The molecule has 0 amide bonds. The Morgan fingerprint density at radius 1 is 1.38 bits per heavy atom. The Kier molecular flexibility index (Phi) is 5.47. The minimum Gasteiger partial charge on any atom is -0.461 e. The molecular formula is C17H19N3O4S2. The van der Waals surface area contributed by atoms with Crippen LogP contribution >= 0.6 is 23.1 Å². The van der Waals surface area contributed by atoms with Crippen molar-refractivity contribution >= 4 is 39.3 Å². The van der Waals surface area contributed by atoms with Gasteiger partial charge in [0.05, 0.1) is 12.0 Å². The Morgan fingerprint density at radius 3 is 2.85 bits per heavy atom. The van der Waals surface area contributed by atoms with Gasteiger partial charge in [-0.1, -0.05) is 16.9 Å². The summed E-state index contributed by atoms with van der Waals surface area (Å²) in [5.41, 5.74) is 0.792. The van der Waals surface area contributed by atoms with Crippen LogP contribution in [0.2, 0.25) is 0 Å². The monoisotopic (exact) mass is 393 g/mol. The van der Waals surface area contributed by atoms with E-state index in [2.05, 4.69) is 10.1 Å². The van der Waals surface area contributed by atoms with Gasteiger partial charge in [-0.15, -0.1) is 11.3 Å². The third-order valence-electron chi connectivity index (χ3n) is 3.85. The van der Waals surface area contributed by atoms with Gasteiger partial charge < -0.3 is 9.26 Å². The van der Waals surface area contributed by atoms with Crippen LogP contribution in [0.4, 0.5) is 0 Å². The molecule has 3 aromatic rings. The number of carbonyl (C=O) groups excluding carboxylic acids is 1. The van der Waals surface area contributed by atoms with E-state index in [9.17, 15) is 9.59 Å². The molecule has 3 aromatic heterocycles. The van der Waals surface area contributed by atoms with Gasteiger partial charge in [0.1, 0.15) is 10.6 Å². The van der Waals surface area contributed by atoms with Crippen LogP contribution in [0.3, 0.4) is 0 Å². The van der Waals surface area contributed by atoms with E-state index in [1.807, 2.05) is 19.9 Å². The highest BCUT2D eigenvalue weighted by molar-refractivity contribution is 7.98. The van der Waals surface area contributed by atoms with Crippen molar-refractivity contribution in [2.45, 2.75) is 45.1 Å². The Hall–Kier alpha value is -2.13. The molecule has 0 radical (unpaired) electrons. The van der Waals surface area contributed by atoms with Gasteiger partial charge in [0.15, 0.2) is 10.9 Å². The van der Waals surface area contributed by atoms with E-state index < -0.39 is 5.97 Å². The molecule has 0 aliphatic heterocycles. The highest BCUT2D eigenvalue weighted by Gasteiger charge is 2.22. The molecule has 26 heavy (non-hydrogen) atoms. The summed E-state index contributed by atoms with van der Waals surface area (Å²) in [5, 5.41) is 5.07. The molecule has 3 rings (SSSR count). The molecule has 0 atom stereocenters. The highest BCUT2D eigenvalue weighted by atomic mass is 32.2. The zero-order chi connectivity index (χ0) is 18.8. The standard InChI is InChI=1S/C17H19N3O4S2/c1-5-20-15(21)11-7-9(3)26-14(11)18-17(20)25-8-12-10(4)24-19-13(12)16(22)23-6-2/h7H,5-6,8H2,1-4H3. The molecule has 0 unspecified atom stereocenters. The van der Waals surface area contributed by atoms with E-state index >= 15 is 0 Å². The van der Waals surface area contributed by atoms with Crippen LogP contribution in [0.5, 0.6) is 0 Å². The summed E-state index contributed by atoms with van der Waals surface area (Å²) >= 11 is 2.88. The van der Waals surface area contributed by atoms with Crippen LogP contribution in [0.1, 0.15) is 40.5 Å². The van der Waals surface area contributed by atoms with E-state index in [0.717, 1.165) is 9.71 Å². The van der Waals surface area contributed by atoms with Gasteiger partial charge in [-0.2, -0.15) is 0 Å². The lowest BCUT2D eigenvalue weighted by Gasteiger charge is -2.09. The normalized spacial score (nSPS) is 11.2. The number of thioether (sulfide) groups is 1. The minimum absolute atomic E-state index is 0.0444. The molecule has 0 aromatic carbocycles. The van der Waals surface area contributed by atoms with Crippen LogP contribution in [0.25, 0.3) is 10.2 Å². The van der Waals surface area contributed by atoms with Crippen LogP contribution in [-0.4, -0.2) is 27.3 Å². The van der Waals surface area contributed by atoms with Crippen LogP contribution in [0.15, 0.2) is 20.5 Å². The maximum absolute atomic E-state index is 12.7. The lowest BCUT2D eigenvalue weighted by molar-refractivity contribution is 0.0514. The fourth-order valence-corrected chi connectivity index (χ4v) is 4.63. The second-order valence-corrected chi connectivity index (χ2v) is 7.77. The van der Waals surface area contributed by atoms with Crippen molar-refractivity contribution in [2.75, 3.05) is 6.61 Å². The van der Waals surface area contributed by atoms with E-state index in [1.165, 1.54) is 23.1 Å². The van der Waals surface area contributed by atoms with Crippen molar-refractivity contribution in [3.05, 3.63) is 38.3 Å². The lowest BCUT2D eigenvalue weighted by Crippen LogP contribution is -2.21. The predicted molar refractivity (Wildman–Crippen MR) is 101 cm³/mol. The molecule has 9 heteroatoms. The average Bonchev–Trinajstić information content (AvgIpc) is 3.15. The molecule has 7 nitrogen and oxygen atoms in total. The van der Waals surface area contributed by atoms with Gasteiger partial charge in [-0.3, -0.25) is 9.36 Å². The van der Waals surface area contributed by atoms with Crippen molar-refractivity contribution in [1.82, 2.24) is 14.7 Å². The number of aromatic nitrogens is 3. The molecule has 138 valence electrons. The first kappa shape index (κ1) is 18.7. The van der Waals surface area contributed by atoms with E-state index in [0.29, 0.717) is 34.2 Å². The molecule has 0 bridgehead atoms. The van der Waals surface area contributed by atoms with Crippen LogP contribution in [-0.2, 0) is 17.0 Å². The van der Waals surface area contributed by atoms with Gasteiger partial charge in [-0.05, 0) is 33.8 Å². The van der Waals surface area contributed by atoms with E-state index in [4.69, 9.17) is 9.26 Å². The molecule has 0 spiro atoms. The summed E-state index contributed by atoms with van der Waals surface area (Å²) in [6, 6.07) is 1.87. The smallest absolute Gasteiger partial charge is 0.360 e. The average molecular weight is 393 g/mol. The number of fused-ring (bicyclic) bond motifs is 1. The fraction of sp³-hybridized carbons (Fsp3) is 0.412. The summed E-state index contributed by atoms with van der Waals surface area (Å²) in [5.74, 6) is 0.454. The Balaban J connectivity index is 1.94. The molecule has 0 aliphatic rings. The molecular weight excluding hydrogens is 374 g/mol. The summed E-state index contributed by atoms with van der Waals surface area (Å²) in [7, 11) is 0. The Morgan fingerprint density at radius 2 is 2.15 bits per heavy atom. The number of aryl methyl sites for hydroxylation is 2. The number of carbonyl (C=O) groups is 1. The Labute approximate surface area is 158 Å². The van der Waals surface area contributed by atoms with Crippen LogP contribution in [0, 0.1) is 13.8 Å². The van der Waals surface area contributed by atoms with Gasteiger partial charge in [0, 0.05) is 22.7 Å². The highest BCUT2D eigenvalue weighted by Crippen LogP contribution is 2.28. The van der Waals surface area contributed by atoms with Gasteiger partial charge >= 0.3 is 5.97 Å². The van der Waals surface area contributed by atoms with Gasteiger partial charge in [0.25, 0.3) is 5.56 Å². The quantitative estimate of drug-likeness (QED) is 0.359. The summed E-state index contributed by atoms with van der Waals surface area (Å²) < 4.78 is 11.8. The molecule has 0 saturated heterocycles. The molecule has 0 fully saturated rings. The predicted octanol–water partition coefficient (Wildman–Crippen LogP) is 3.55. The topological polar surface area (TPSA) is 87.2 Å². The number of hydrogen-bond donors (Lipinski definition) is 0. The van der Waals surface area contributed by atoms with Crippen molar-refractivity contribution in [2.24, 2.45) is 0 Å². The second kappa shape index (κ2) is 7.63. The SMILES string of the molecule is CCOC(=O)c1noc(C)c1CSc1nc2sc(C)cc2c(=O)n1CC. The van der Waals surface area contributed by atoms with E-state index in [1.54, 1.807) is 18.4 Å². The van der Waals surface area contributed by atoms with Crippen molar-refractivity contribution in [1.29, 1.82) is 0 Å². The maximum Gasteiger partial charge on any atom is 0.360 e. The minimum atomic E-state index is -0.509. The summed E-state index contributed by atoms with van der Waals surface area (Å²) in [6.07, 6.45) is 0. The first-order valence-electron chi connectivity index (χ1n) is 8.22. The number of hydrogen-bond acceptors (Lipinski definition) is 8. The van der Waals surface area contributed by atoms with E-state index in [-0.39, 0.29) is 17.9 Å². The largest absolute Gasteiger partial charge is 0.461 e. The summed E-state index contributed by atoms with van der Waals surface area (Å²) in [6.45, 7) is 8.14. The first-order valence-corrected chi connectivity index (χ1v) is 10.0. The number of rotatable bonds is 6. The van der Waals surface area contributed by atoms with Crippen molar-refractivity contribution in [3.8, 4) is 0 Å². The first-order chi connectivity index (χ1) is 12.5. The van der Waals surface area contributed by atoms with Crippen LogP contribution < -0.4 is 5.56 Å². The van der Waals surface area contributed by atoms with Gasteiger partial charge in [0.2, 0.25) is 0 Å². The van der Waals surface area contributed by atoms with Crippen molar-refractivity contribution < 1.29 is 14.1 Å². The second-order valence-electron chi connectivity index (χ2n) is 5.59. The zero-order valence-electron chi connectivity index (χ0n) is 15.0. The number of thiophene rings is 1. The molecule has 3 heterocycles. The fourth-order valence-electron chi connectivity index (χ4n) is 2.56. The molecule has 0 N–H and O–H groups in total. The van der Waals surface area contributed by atoms with Crippen molar-refractivity contribution in [3.63, 3.8) is 0 Å². The lowest BCUT2D eigenvalue weighted by atomic mass is 10.2. The third-order valence-corrected chi connectivity index (χ3v) is 5.80. The maximum atomic E-state index is 12.7. The number of esters is 1. The number of ether oxygens (including phenoxy) is 1. The van der Waals surface area contributed by atoms with Gasteiger partial charge in [-0.25, -0.2) is 9.78 Å². The molecule has 0 aliphatic carbocycles.